The maximum Gasteiger partial charge on any atom is 0.244 e. The molecule has 20 heavy (non-hydrogen) atoms. The molecule has 1 aromatic carbocycles. The van der Waals surface area contributed by atoms with E-state index in [1.54, 1.807) is 18.2 Å². The molecule has 1 aliphatic rings. The lowest BCUT2D eigenvalue weighted by atomic mass is 10.3. The van der Waals surface area contributed by atoms with Crippen LogP contribution in [0.5, 0.6) is 5.75 Å². The van der Waals surface area contributed by atoms with E-state index in [4.69, 9.17) is 4.74 Å². The lowest BCUT2D eigenvalue weighted by Crippen LogP contribution is -2.28. The van der Waals surface area contributed by atoms with Gasteiger partial charge in [0.2, 0.25) is 10.0 Å². The summed E-state index contributed by atoms with van der Waals surface area (Å²) < 4.78 is 32.9. The normalized spacial score (nSPS) is 15.3. The van der Waals surface area contributed by atoms with E-state index in [9.17, 15) is 8.42 Å². The molecule has 7 heteroatoms. The molecule has 0 atom stereocenters. The largest absolute Gasteiger partial charge is 0.495 e. The van der Waals surface area contributed by atoms with E-state index in [0.29, 0.717) is 22.8 Å². The number of nitrogens with one attached hydrogen (secondary N) is 2. The second-order valence-electron chi connectivity index (χ2n) is 4.77. The lowest BCUT2D eigenvalue weighted by molar-refractivity contribution is 0.402. The summed E-state index contributed by atoms with van der Waals surface area (Å²) in [5, 5.41) is 3.35. The number of methoxy groups -OCH3 is 1. The number of sulfonamides is 1. The summed E-state index contributed by atoms with van der Waals surface area (Å²) in [5.74, 6) is 0.344. The van der Waals surface area contributed by atoms with Crippen LogP contribution >= 0.6 is 15.9 Å². The van der Waals surface area contributed by atoms with Gasteiger partial charge in [-0.2, -0.15) is 0 Å². The van der Waals surface area contributed by atoms with E-state index >= 15 is 0 Å². The van der Waals surface area contributed by atoms with Gasteiger partial charge in [0, 0.05) is 17.1 Å². The first-order valence-electron chi connectivity index (χ1n) is 6.59. The van der Waals surface area contributed by atoms with E-state index in [0.717, 1.165) is 13.0 Å². The van der Waals surface area contributed by atoms with Crippen molar-refractivity contribution in [3.8, 4) is 5.75 Å². The SMILES string of the molecule is COc1ccc(Br)cc1S(=O)(=O)NCCCNC1CC1. The fourth-order valence-electron chi connectivity index (χ4n) is 1.83. The van der Waals surface area contributed by atoms with E-state index in [1.807, 2.05) is 0 Å². The number of halogens is 1. The Morgan fingerprint density at radius 1 is 1.35 bits per heavy atom. The minimum absolute atomic E-state index is 0.157. The van der Waals surface area contributed by atoms with Crippen LogP contribution in [0, 0.1) is 0 Å². The Morgan fingerprint density at radius 2 is 2.10 bits per heavy atom. The summed E-state index contributed by atoms with van der Waals surface area (Å²) in [6.07, 6.45) is 3.24. The molecule has 0 unspecified atom stereocenters. The van der Waals surface area contributed by atoms with Crippen LogP contribution in [0.15, 0.2) is 27.6 Å². The number of hydrogen-bond acceptors (Lipinski definition) is 4. The average Bonchev–Trinajstić information content (AvgIpc) is 3.22. The van der Waals surface area contributed by atoms with E-state index < -0.39 is 10.0 Å². The monoisotopic (exact) mass is 362 g/mol. The van der Waals surface area contributed by atoms with Crippen molar-refractivity contribution in [3.63, 3.8) is 0 Å². The summed E-state index contributed by atoms with van der Waals surface area (Å²) >= 11 is 3.28. The molecular formula is C13H19BrN2O3S. The minimum atomic E-state index is -3.54. The van der Waals surface area contributed by atoms with E-state index in [1.165, 1.54) is 20.0 Å². The topological polar surface area (TPSA) is 67.4 Å². The van der Waals surface area contributed by atoms with Gasteiger partial charge in [-0.1, -0.05) is 15.9 Å². The Kier molecular flexibility index (Phi) is 5.42. The van der Waals surface area contributed by atoms with Crippen molar-refractivity contribution in [2.75, 3.05) is 20.2 Å². The van der Waals surface area contributed by atoms with Gasteiger partial charge >= 0.3 is 0 Å². The van der Waals surface area contributed by atoms with Crippen molar-refractivity contribution in [3.05, 3.63) is 22.7 Å². The Hall–Kier alpha value is -0.630. The molecule has 0 aromatic heterocycles. The van der Waals surface area contributed by atoms with Gasteiger partial charge in [-0.05, 0) is 44.0 Å². The zero-order valence-corrected chi connectivity index (χ0v) is 13.8. The molecule has 5 nitrogen and oxygen atoms in total. The van der Waals surface area contributed by atoms with Gasteiger partial charge in [0.15, 0.2) is 0 Å². The fraction of sp³-hybridized carbons (Fsp3) is 0.538. The van der Waals surface area contributed by atoms with Crippen molar-refractivity contribution < 1.29 is 13.2 Å². The van der Waals surface area contributed by atoms with E-state index in [2.05, 4.69) is 26.0 Å². The Morgan fingerprint density at radius 3 is 2.75 bits per heavy atom. The summed E-state index contributed by atoms with van der Waals surface area (Å²) in [6, 6.07) is 5.57. The molecule has 0 radical (unpaired) electrons. The van der Waals surface area contributed by atoms with Crippen LogP contribution in [0.4, 0.5) is 0 Å². The maximum atomic E-state index is 12.2. The quantitative estimate of drug-likeness (QED) is 0.692. The van der Waals surface area contributed by atoms with Crippen molar-refractivity contribution in [2.24, 2.45) is 0 Å². The van der Waals surface area contributed by atoms with Crippen LogP contribution in [0.1, 0.15) is 19.3 Å². The number of ether oxygens (including phenoxy) is 1. The molecular weight excluding hydrogens is 344 g/mol. The van der Waals surface area contributed by atoms with Gasteiger partial charge in [0.1, 0.15) is 10.6 Å². The smallest absolute Gasteiger partial charge is 0.244 e. The van der Waals surface area contributed by atoms with Crippen molar-refractivity contribution in [1.29, 1.82) is 0 Å². The molecule has 2 N–H and O–H groups in total. The molecule has 1 aliphatic carbocycles. The van der Waals surface area contributed by atoms with Crippen molar-refractivity contribution in [2.45, 2.75) is 30.2 Å². The van der Waals surface area contributed by atoms with Gasteiger partial charge in [-0.3, -0.25) is 0 Å². The Balaban J connectivity index is 1.92. The van der Waals surface area contributed by atoms with Gasteiger partial charge < -0.3 is 10.1 Å². The first-order chi connectivity index (χ1) is 9.53. The van der Waals surface area contributed by atoms with Crippen LogP contribution in [0.25, 0.3) is 0 Å². The molecule has 0 saturated heterocycles. The van der Waals surface area contributed by atoms with Crippen LogP contribution < -0.4 is 14.8 Å². The molecule has 0 spiro atoms. The van der Waals surface area contributed by atoms with Gasteiger partial charge in [-0.25, -0.2) is 13.1 Å². The number of hydrogen-bond donors (Lipinski definition) is 2. The van der Waals surface area contributed by atoms with Crippen LogP contribution in [-0.4, -0.2) is 34.7 Å². The van der Waals surface area contributed by atoms with Gasteiger partial charge in [-0.15, -0.1) is 0 Å². The third-order valence-corrected chi connectivity index (χ3v) is 5.05. The highest BCUT2D eigenvalue weighted by Crippen LogP contribution is 2.27. The maximum absolute atomic E-state index is 12.2. The second kappa shape index (κ2) is 6.89. The van der Waals surface area contributed by atoms with Gasteiger partial charge in [0.25, 0.3) is 0 Å². The molecule has 1 fully saturated rings. The third kappa shape index (κ3) is 4.44. The number of rotatable bonds is 8. The fourth-order valence-corrected chi connectivity index (χ4v) is 3.61. The molecule has 1 saturated carbocycles. The summed E-state index contributed by atoms with van der Waals surface area (Å²) in [6.45, 7) is 1.25. The zero-order chi connectivity index (χ0) is 14.6. The molecule has 112 valence electrons. The predicted octanol–water partition coefficient (Wildman–Crippen LogP) is 1.88. The van der Waals surface area contributed by atoms with Crippen LogP contribution in [0.3, 0.4) is 0 Å². The van der Waals surface area contributed by atoms with Crippen LogP contribution in [0.2, 0.25) is 0 Å². The third-order valence-electron chi connectivity index (χ3n) is 3.07. The molecule has 1 aromatic rings. The Bertz CT molecular complexity index is 559. The molecule has 0 bridgehead atoms. The summed E-state index contributed by atoms with van der Waals surface area (Å²) in [7, 11) is -2.08. The average molecular weight is 363 g/mol. The lowest BCUT2D eigenvalue weighted by Gasteiger charge is -2.11. The highest BCUT2D eigenvalue weighted by molar-refractivity contribution is 9.10. The predicted molar refractivity (Wildman–Crippen MR) is 81.5 cm³/mol. The highest BCUT2D eigenvalue weighted by atomic mass is 79.9. The summed E-state index contributed by atoms with van der Waals surface area (Å²) in [5.41, 5.74) is 0. The van der Waals surface area contributed by atoms with Crippen molar-refractivity contribution >= 4 is 26.0 Å². The molecule has 0 amide bonds. The highest BCUT2D eigenvalue weighted by Gasteiger charge is 2.21. The standard InChI is InChI=1S/C13H19BrN2O3S/c1-19-12-6-3-10(14)9-13(12)20(17,18)16-8-2-7-15-11-4-5-11/h3,6,9,11,15-16H,2,4-5,7-8H2,1H3. The number of benzene rings is 1. The van der Waals surface area contributed by atoms with Gasteiger partial charge in [0.05, 0.1) is 7.11 Å². The minimum Gasteiger partial charge on any atom is -0.495 e. The first-order valence-corrected chi connectivity index (χ1v) is 8.87. The first kappa shape index (κ1) is 15.8. The molecule has 0 aliphatic heterocycles. The molecule has 0 heterocycles. The van der Waals surface area contributed by atoms with E-state index in [-0.39, 0.29) is 4.90 Å². The second-order valence-corrected chi connectivity index (χ2v) is 7.43. The van der Waals surface area contributed by atoms with Crippen LogP contribution in [-0.2, 0) is 10.0 Å². The molecule has 2 rings (SSSR count). The Labute approximate surface area is 128 Å². The zero-order valence-electron chi connectivity index (χ0n) is 11.4. The summed E-state index contributed by atoms with van der Waals surface area (Å²) in [4.78, 5) is 0.157. The van der Waals surface area contributed by atoms with Crippen molar-refractivity contribution in [1.82, 2.24) is 10.0 Å².